The number of benzene rings is 1. The summed E-state index contributed by atoms with van der Waals surface area (Å²) in [6.07, 6.45) is -1.06. The first-order chi connectivity index (χ1) is 9.04. The van der Waals surface area contributed by atoms with Crippen molar-refractivity contribution < 1.29 is 19.3 Å². The lowest BCUT2D eigenvalue weighted by atomic mass is 10.0. The van der Waals surface area contributed by atoms with E-state index in [9.17, 15) is 14.6 Å². The van der Waals surface area contributed by atoms with Crippen LogP contribution in [0, 0.1) is 5.82 Å². The van der Waals surface area contributed by atoms with E-state index in [0.29, 0.717) is 24.4 Å². The Bertz CT molecular complexity index is 439. The summed E-state index contributed by atoms with van der Waals surface area (Å²) in [6, 6.07) is 4.70. The van der Waals surface area contributed by atoms with E-state index in [1.54, 1.807) is 19.1 Å². The van der Waals surface area contributed by atoms with Crippen molar-refractivity contribution in [2.24, 2.45) is 0 Å². The fourth-order valence-corrected chi connectivity index (χ4v) is 2.41. The maximum Gasteiger partial charge on any atom is 0.146 e. The lowest BCUT2D eigenvalue weighted by Gasteiger charge is -2.40. The van der Waals surface area contributed by atoms with E-state index in [-0.39, 0.29) is 24.6 Å². The van der Waals surface area contributed by atoms with Crippen LogP contribution in [0.3, 0.4) is 0 Å². The summed E-state index contributed by atoms with van der Waals surface area (Å²) in [4.78, 5) is 1.86. The van der Waals surface area contributed by atoms with Crippen LogP contribution in [0.1, 0.15) is 25.5 Å². The van der Waals surface area contributed by atoms with Crippen molar-refractivity contribution in [1.29, 1.82) is 0 Å². The summed E-state index contributed by atoms with van der Waals surface area (Å²) in [5.41, 5.74) is 0.970. The molecule has 2 N–H and O–H groups in total. The van der Waals surface area contributed by atoms with Gasteiger partial charge in [0.25, 0.3) is 0 Å². The number of aliphatic hydroxyl groups excluding tert-OH is 2. The second-order valence-electron chi connectivity index (χ2n) is 4.99. The molecule has 1 fully saturated rings. The van der Waals surface area contributed by atoms with Gasteiger partial charge in [-0.25, -0.2) is 4.39 Å². The molecule has 0 radical (unpaired) electrons. The van der Waals surface area contributed by atoms with E-state index in [2.05, 4.69) is 0 Å². The van der Waals surface area contributed by atoms with Gasteiger partial charge in [-0.15, -0.1) is 0 Å². The molecule has 1 aromatic rings. The van der Waals surface area contributed by atoms with Crippen LogP contribution in [0.5, 0.6) is 0 Å². The first-order valence-corrected chi connectivity index (χ1v) is 6.50. The second-order valence-corrected chi connectivity index (χ2v) is 4.99. The molecule has 1 saturated heterocycles. The molecule has 0 saturated carbocycles. The number of para-hydroxylation sites is 1. The number of halogens is 1. The van der Waals surface area contributed by atoms with Crippen LogP contribution in [-0.4, -0.2) is 42.1 Å². The minimum absolute atomic E-state index is 0.00259. The van der Waals surface area contributed by atoms with Crippen molar-refractivity contribution in [3.05, 3.63) is 29.6 Å². The van der Waals surface area contributed by atoms with Gasteiger partial charge < -0.3 is 19.8 Å². The predicted octanol–water partition coefficient (Wildman–Crippen LogP) is 1.46. The molecule has 19 heavy (non-hydrogen) atoms. The van der Waals surface area contributed by atoms with E-state index in [0.717, 1.165) is 0 Å². The summed E-state index contributed by atoms with van der Waals surface area (Å²) < 4.78 is 19.6. The van der Waals surface area contributed by atoms with Gasteiger partial charge in [0, 0.05) is 18.2 Å². The van der Waals surface area contributed by atoms with Crippen LogP contribution in [-0.2, 0) is 4.74 Å². The van der Waals surface area contributed by atoms with E-state index in [1.165, 1.54) is 6.07 Å². The summed E-state index contributed by atoms with van der Waals surface area (Å²) >= 11 is 0. The number of morpholine rings is 1. The average molecular weight is 269 g/mol. The van der Waals surface area contributed by atoms with Gasteiger partial charge in [0.05, 0.1) is 31.1 Å². The molecule has 5 heteroatoms. The third kappa shape index (κ3) is 2.88. The normalized spacial score (nSPS) is 25.4. The molecule has 0 bridgehead atoms. The quantitative estimate of drug-likeness (QED) is 0.872. The van der Waals surface area contributed by atoms with Crippen molar-refractivity contribution in [2.45, 2.75) is 32.1 Å². The van der Waals surface area contributed by atoms with Gasteiger partial charge in [-0.05, 0) is 19.9 Å². The third-order valence-corrected chi connectivity index (χ3v) is 3.46. The van der Waals surface area contributed by atoms with Crippen LogP contribution in [0.2, 0.25) is 0 Å². The predicted molar refractivity (Wildman–Crippen MR) is 70.7 cm³/mol. The van der Waals surface area contributed by atoms with E-state index >= 15 is 0 Å². The summed E-state index contributed by atoms with van der Waals surface area (Å²) in [6.45, 7) is 4.30. The van der Waals surface area contributed by atoms with Crippen LogP contribution < -0.4 is 4.90 Å². The summed E-state index contributed by atoms with van der Waals surface area (Å²) in [7, 11) is 0. The Kier molecular flexibility index (Phi) is 4.39. The monoisotopic (exact) mass is 269 g/mol. The molecule has 106 valence electrons. The number of hydrogen-bond donors (Lipinski definition) is 2. The minimum Gasteiger partial charge on any atom is -0.394 e. The lowest BCUT2D eigenvalue weighted by Crippen LogP contribution is -2.50. The number of nitrogens with zero attached hydrogens (tertiary/aromatic N) is 1. The van der Waals surface area contributed by atoms with E-state index in [1.807, 2.05) is 11.8 Å². The van der Waals surface area contributed by atoms with Crippen molar-refractivity contribution >= 4 is 5.69 Å². The zero-order valence-electron chi connectivity index (χ0n) is 11.2. The van der Waals surface area contributed by atoms with Gasteiger partial charge >= 0.3 is 0 Å². The van der Waals surface area contributed by atoms with Crippen LogP contribution in [0.25, 0.3) is 0 Å². The van der Waals surface area contributed by atoms with Crippen molar-refractivity contribution in [2.75, 3.05) is 24.7 Å². The Balaban J connectivity index is 2.38. The van der Waals surface area contributed by atoms with Crippen LogP contribution in [0.4, 0.5) is 10.1 Å². The highest BCUT2D eigenvalue weighted by Crippen LogP contribution is 2.32. The molecule has 0 spiro atoms. The van der Waals surface area contributed by atoms with E-state index in [4.69, 9.17) is 4.74 Å². The van der Waals surface area contributed by atoms with Crippen LogP contribution >= 0.6 is 0 Å². The van der Waals surface area contributed by atoms with Gasteiger partial charge in [0.15, 0.2) is 0 Å². The molecule has 1 aliphatic heterocycles. The SMILES string of the molecule is CC1COC(CO)CN1c1c(F)cccc1[C@H](C)O. The molecule has 1 aliphatic rings. The van der Waals surface area contributed by atoms with Crippen molar-refractivity contribution in [1.82, 2.24) is 0 Å². The zero-order valence-corrected chi connectivity index (χ0v) is 11.2. The maximum absolute atomic E-state index is 14.1. The summed E-state index contributed by atoms with van der Waals surface area (Å²) in [5, 5.41) is 19.0. The number of rotatable bonds is 3. The van der Waals surface area contributed by atoms with Gasteiger partial charge in [0.2, 0.25) is 0 Å². The fraction of sp³-hybridized carbons (Fsp3) is 0.571. The molecule has 1 heterocycles. The first-order valence-electron chi connectivity index (χ1n) is 6.50. The number of anilines is 1. The van der Waals surface area contributed by atoms with Gasteiger partial charge in [-0.2, -0.15) is 0 Å². The number of hydrogen-bond acceptors (Lipinski definition) is 4. The number of ether oxygens (including phenoxy) is 1. The smallest absolute Gasteiger partial charge is 0.146 e. The van der Waals surface area contributed by atoms with E-state index < -0.39 is 6.10 Å². The largest absolute Gasteiger partial charge is 0.394 e. The molecule has 0 amide bonds. The highest BCUT2D eigenvalue weighted by molar-refractivity contribution is 5.57. The van der Waals surface area contributed by atoms with Crippen molar-refractivity contribution in [3.8, 4) is 0 Å². The average Bonchev–Trinajstić information content (AvgIpc) is 2.39. The first kappa shape index (κ1) is 14.2. The van der Waals surface area contributed by atoms with Crippen molar-refractivity contribution in [3.63, 3.8) is 0 Å². The molecule has 0 aliphatic carbocycles. The van der Waals surface area contributed by atoms with Gasteiger partial charge in [0.1, 0.15) is 5.82 Å². The Labute approximate surface area is 112 Å². The fourth-order valence-electron chi connectivity index (χ4n) is 2.41. The molecule has 2 unspecified atom stereocenters. The highest BCUT2D eigenvalue weighted by atomic mass is 19.1. The zero-order chi connectivity index (χ0) is 14.0. The highest BCUT2D eigenvalue weighted by Gasteiger charge is 2.29. The molecular formula is C14H20FNO3. The molecule has 2 rings (SSSR count). The minimum atomic E-state index is -0.742. The molecule has 0 aromatic heterocycles. The van der Waals surface area contributed by atoms with Crippen LogP contribution in [0.15, 0.2) is 18.2 Å². The molecule has 3 atom stereocenters. The summed E-state index contributed by atoms with van der Waals surface area (Å²) in [5.74, 6) is -0.358. The molecule has 4 nitrogen and oxygen atoms in total. The maximum atomic E-state index is 14.1. The van der Waals surface area contributed by atoms with Gasteiger partial charge in [-0.1, -0.05) is 12.1 Å². The molecule has 1 aromatic carbocycles. The Morgan fingerprint density at radius 3 is 2.89 bits per heavy atom. The lowest BCUT2D eigenvalue weighted by molar-refractivity contribution is -0.0106. The topological polar surface area (TPSA) is 52.9 Å². The standard InChI is InChI=1S/C14H20FNO3/c1-9-8-19-11(7-17)6-16(9)14-12(10(2)18)4-3-5-13(14)15/h3-5,9-11,17-18H,6-8H2,1-2H3/t9?,10-,11?/m0/s1. The Hall–Kier alpha value is -1.17. The third-order valence-electron chi connectivity index (χ3n) is 3.46. The second kappa shape index (κ2) is 5.86. The Morgan fingerprint density at radius 2 is 2.26 bits per heavy atom. The Morgan fingerprint density at radius 1 is 1.53 bits per heavy atom. The molecular weight excluding hydrogens is 249 g/mol. The number of aliphatic hydroxyl groups is 2. The van der Waals surface area contributed by atoms with Gasteiger partial charge in [-0.3, -0.25) is 0 Å².